The predicted molar refractivity (Wildman–Crippen MR) is 59.1 cm³/mol. The van der Waals surface area contributed by atoms with Gasteiger partial charge in [0.1, 0.15) is 0 Å². The molecular weight excluding hydrogens is 208 g/mol. The number of nitrogens with one attached hydrogen (secondary N) is 1. The third-order valence-electron chi connectivity index (χ3n) is 2.11. The molecule has 5 nitrogen and oxygen atoms in total. The molecule has 0 fully saturated rings. The first-order chi connectivity index (χ1) is 7.63. The minimum absolute atomic E-state index is 0.445. The molecule has 0 aliphatic heterocycles. The highest BCUT2D eigenvalue weighted by atomic mass is 16.5. The summed E-state index contributed by atoms with van der Waals surface area (Å²) in [4.78, 5) is 21.6. The lowest BCUT2D eigenvalue weighted by Crippen LogP contribution is -2.25. The summed E-state index contributed by atoms with van der Waals surface area (Å²) in [5, 5.41) is 2.57. The number of alkyl carbamates (subject to hydrolysis) is 1. The predicted octanol–water partition coefficient (Wildman–Crippen LogP) is 0.684. The van der Waals surface area contributed by atoms with Crippen molar-refractivity contribution >= 4 is 12.0 Å². The number of benzene rings is 1. The molecule has 0 heterocycles. The van der Waals surface area contributed by atoms with Gasteiger partial charge in [-0.25, -0.2) is 4.79 Å². The minimum atomic E-state index is -0.450. The first-order valence-electron chi connectivity index (χ1n) is 4.84. The zero-order valence-electron chi connectivity index (χ0n) is 9.03. The number of amides is 2. The van der Waals surface area contributed by atoms with Crippen molar-refractivity contribution in [1.29, 1.82) is 0 Å². The van der Waals surface area contributed by atoms with Crippen molar-refractivity contribution in [3.05, 3.63) is 35.4 Å². The Hall–Kier alpha value is -2.04. The zero-order chi connectivity index (χ0) is 12.0. The molecule has 1 rings (SSSR count). The van der Waals surface area contributed by atoms with E-state index in [9.17, 15) is 9.59 Å². The molecule has 5 heteroatoms. The van der Waals surface area contributed by atoms with Crippen molar-refractivity contribution in [2.75, 3.05) is 13.7 Å². The van der Waals surface area contributed by atoms with Crippen molar-refractivity contribution < 1.29 is 14.3 Å². The number of hydrogen-bond acceptors (Lipinski definition) is 3. The summed E-state index contributed by atoms with van der Waals surface area (Å²) in [6.45, 7) is 0.489. The Kier molecular flexibility index (Phi) is 4.32. The quantitative estimate of drug-likeness (QED) is 0.786. The average molecular weight is 222 g/mol. The lowest BCUT2D eigenvalue weighted by atomic mass is 10.1. The molecule has 0 aliphatic rings. The molecule has 0 aromatic heterocycles. The van der Waals surface area contributed by atoms with Crippen LogP contribution in [0.5, 0.6) is 0 Å². The van der Waals surface area contributed by atoms with Crippen molar-refractivity contribution in [3.8, 4) is 0 Å². The Bertz CT molecular complexity index is 373. The first-order valence-corrected chi connectivity index (χ1v) is 4.84. The molecule has 2 amide bonds. The smallest absolute Gasteiger partial charge is 0.406 e. The van der Waals surface area contributed by atoms with Crippen LogP contribution in [0.3, 0.4) is 0 Å². The second-order valence-corrected chi connectivity index (χ2v) is 3.23. The molecule has 0 atom stereocenters. The number of nitrogens with two attached hydrogens (primary N) is 1. The van der Waals surface area contributed by atoms with Crippen LogP contribution in [0.1, 0.15) is 15.9 Å². The van der Waals surface area contributed by atoms with Crippen molar-refractivity contribution in [3.63, 3.8) is 0 Å². The van der Waals surface area contributed by atoms with Crippen molar-refractivity contribution in [1.82, 2.24) is 5.32 Å². The van der Waals surface area contributed by atoms with Gasteiger partial charge in [0.25, 0.3) is 0 Å². The van der Waals surface area contributed by atoms with Gasteiger partial charge in [-0.1, -0.05) is 12.1 Å². The first kappa shape index (κ1) is 12.0. The second kappa shape index (κ2) is 5.75. The van der Waals surface area contributed by atoms with E-state index in [0.717, 1.165) is 5.56 Å². The molecule has 86 valence electrons. The summed E-state index contributed by atoms with van der Waals surface area (Å²) < 4.78 is 4.43. The van der Waals surface area contributed by atoms with Crippen LogP contribution in [-0.2, 0) is 11.2 Å². The van der Waals surface area contributed by atoms with Gasteiger partial charge in [-0.05, 0) is 24.1 Å². The highest BCUT2D eigenvalue weighted by molar-refractivity contribution is 5.92. The fourth-order valence-electron chi connectivity index (χ4n) is 1.22. The minimum Gasteiger partial charge on any atom is -0.453 e. The van der Waals surface area contributed by atoms with Gasteiger partial charge in [0, 0.05) is 12.1 Å². The Morgan fingerprint density at radius 1 is 1.31 bits per heavy atom. The molecule has 16 heavy (non-hydrogen) atoms. The van der Waals surface area contributed by atoms with E-state index >= 15 is 0 Å². The maximum absolute atomic E-state index is 10.8. The lowest BCUT2D eigenvalue weighted by Gasteiger charge is -2.04. The van der Waals surface area contributed by atoms with Gasteiger partial charge in [0.2, 0.25) is 5.91 Å². The summed E-state index contributed by atoms with van der Waals surface area (Å²) in [6.07, 6.45) is 0.225. The van der Waals surface area contributed by atoms with E-state index in [1.54, 1.807) is 24.3 Å². The van der Waals surface area contributed by atoms with E-state index in [1.807, 2.05) is 0 Å². The number of carbonyl (C=O) groups is 2. The van der Waals surface area contributed by atoms with Crippen LogP contribution >= 0.6 is 0 Å². The normalized spacial score (nSPS) is 9.56. The molecule has 0 saturated heterocycles. The SMILES string of the molecule is COC(=O)NCCc1ccc(C(N)=O)cc1. The number of methoxy groups -OCH3 is 1. The van der Waals surface area contributed by atoms with Crippen molar-refractivity contribution in [2.24, 2.45) is 5.73 Å². The largest absolute Gasteiger partial charge is 0.453 e. The second-order valence-electron chi connectivity index (χ2n) is 3.23. The Labute approximate surface area is 93.6 Å². The highest BCUT2D eigenvalue weighted by Gasteiger charge is 2.01. The monoisotopic (exact) mass is 222 g/mol. The standard InChI is InChI=1S/C11H14N2O3/c1-16-11(15)13-7-6-8-2-4-9(5-3-8)10(12)14/h2-5H,6-7H2,1H3,(H2,12,14)(H,13,15). The fraction of sp³-hybridized carbons (Fsp3) is 0.273. The van der Waals surface area contributed by atoms with E-state index in [-0.39, 0.29) is 0 Å². The molecule has 1 aromatic rings. The van der Waals surface area contributed by atoms with E-state index in [2.05, 4.69) is 10.1 Å². The third-order valence-corrected chi connectivity index (χ3v) is 2.11. The number of primary amides is 1. The van der Waals surface area contributed by atoms with Crippen molar-refractivity contribution in [2.45, 2.75) is 6.42 Å². The summed E-state index contributed by atoms with van der Waals surface area (Å²) in [7, 11) is 1.32. The maximum Gasteiger partial charge on any atom is 0.406 e. The third kappa shape index (κ3) is 3.61. The van der Waals surface area contributed by atoms with Crippen LogP contribution in [0.2, 0.25) is 0 Å². The summed E-state index contributed by atoms with van der Waals surface area (Å²) in [5.74, 6) is -0.445. The molecule has 0 spiro atoms. The van der Waals surface area contributed by atoms with Gasteiger partial charge in [-0.3, -0.25) is 4.79 Å². The summed E-state index contributed by atoms with van der Waals surface area (Å²) in [6, 6.07) is 6.93. The number of carbonyl (C=O) groups excluding carboxylic acids is 2. The number of rotatable bonds is 4. The van der Waals surface area contributed by atoms with Gasteiger partial charge in [0.05, 0.1) is 7.11 Å². The average Bonchev–Trinajstić information content (AvgIpc) is 2.29. The van der Waals surface area contributed by atoms with E-state index in [0.29, 0.717) is 18.5 Å². The van der Waals surface area contributed by atoms with Crippen LogP contribution in [-0.4, -0.2) is 25.7 Å². The topological polar surface area (TPSA) is 81.4 Å². The highest BCUT2D eigenvalue weighted by Crippen LogP contribution is 2.04. The molecule has 3 N–H and O–H groups in total. The maximum atomic E-state index is 10.8. The zero-order valence-corrected chi connectivity index (χ0v) is 9.03. The van der Waals surface area contributed by atoms with Crippen LogP contribution in [0.4, 0.5) is 4.79 Å². The van der Waals surface area contributed by atoms with Crippen LogP contribution in [0.25, 0.3) is 0 Å². The van der Waals surface area contributed by atoms with E-state index < -0.39 is 12.0 Å². The molecule has 0 unspecified atom stereocenters. The van der Waals surface area contributed by atoms with Crippen LogP contribution in [0, 0.1) is 0 Å². The Morgan fingerprint density at radius 3 is 2.44 bits per heavy atom. The van der Waals surface area contributed by atoms with E-state index in [1.165, 1.54) is 7.11 Å². The van der Waals surface area contributed by atoms with E-state index in [4.69, 9.17) is 5.73 Å². The molecule has 0 saturated carbocycles. The Morgan fingerprint density at radius 2 is 1.94 bits per heavy atom. The fourth-order valence-corrected chi connectivity index (χ4v) is 1.22. The van der Waals surface area contributed by atoms with Crippen LogP contribution < -0.4 is 11.1 Å². The van der Waals surface area contributed by atoms with Gasteiger partial charge >= 0.3 is 6.09 Å². The molecular formula is C11H14N2O3. The number of ether oxygens (including phenoxy) is 1. The lowest BCUT2D eigenvalue weighted by molar-refractivity contribution is 0.1000. The van der Waals surface area contributed by atoms with Gasteiger partial charge in [0.15, 0.2) is 0 Å². The molecule has 0 radical (unpaired) electrons. The van der Waals surface area contributed by atoms with Gasteiger partial charge in [-0.15, -0.1) is 0 Å². The summed E-state index contributed by atoms with van der Waals surface area (Å²) >= 11 is 0. The number of hydrogen-bond donors (Lipinski definition) is 2. The van der Waals surface area contributed by atoms with Gasteiger partial charge in [-0.2, -0.15) is 0 Å². The molecule has 0 bridgehead atoms. The molecule has 0 aliphatic carbocycles. The summed E-state index contributed by atoms with van der Waals surface area (Å²) in [5.41, 5.74) is 6.60. The van der Waals surface area contributed by atoms with Gasteiger partial charge < -0.3 is 15.8 Å². The van der Waals surface area contributed by atoms with Crippen LogP contribution in [0.15, 0.2) is 24.3 Å². The molecule has 1 aromatic carbocycles. The Balaban J connectivity index is 2.43.